The van der Waals surface area contributed by atoms with Crippen LogP contribution in [0.4, 0.5) is 11.4 Å². The molecule has 3 rings (SSSR count). The van der Waals surface area contributed by atoms with Gasteiger partial charge in [-0.05, 0) is 68.3 Å². The summed E-state index contributed by atoms with van der Waals surface area (Å²) in [5.41, 5.74) is 1.65. The molecule has 2 aromatic carbocycles. The molecule has 8 nitrogen and oxygen atoms in total. The third-order valence-electron chi connectivity index (χ3n) is 5.19. The largest absolute Gasteiger partial charge is 0.462 e. The molecule has 0 saturated carbocycles. The Morgan fingerprint density at radius 2 is 1.50 bits per heavy atom. The van der Waals surface area contributed by atoms with Crippen LogP contribution in [-0.2, 0) is 19.6 Å². The van der Waals surface area contributed by atoms with Crippen molar-refractivity contribution in [2.24, 2.45) is 0 Å². The Morgan fingerprint density at radius 1 is 0.906 bits per heavy atom. The molecule has 1 heterocycles. The van der Waals surface area contributed by atoms with Crippen LogP contribution >= 0.6 is 0 Å². The molecule has 1 amide bonds. The lowest BCUT2D eigenvalue weighted by Crippen LogP contribution is -2.31. The maximum absolute atomic E-state index is 12.8. The second-order valence-corrected chi connectivity index (χ2v) is 9.48. The van der Waals surface area contributed by atoms with E-state index < -0.39 is 16.0 Å². The van der Waals surface area contributed by atoms with E-state index in [1.54, 1.807) is 47.6 Å². The predicted octanol–water partition coefficient (Wildman–Crippen LogP) is 3.48. The minimum absolute atomic E-state index is 0.0204. The lowest BCUT2D eigenvalue weighted by Gasteiger charge is -2.20. The maximum atomic E-state index is 12.8. The summed E-state index contributed by atoms with van der Waals surface area (Å²) >= 11 is 0. The van der Waals surface area contributed by atoms with E-state index in [4.69, 9.17) is 4.74 Å². The van der Waals surface area contributed by atoms with E-state index >= 15 is 0 Å². The number of hydrogen-bond donors (Lipinski definition) is 2. The maximum Gasteiger partial charge on any atom is 0.338 e. The van der Waals surface area contributed by atoms with Gasteiger partial charge in [0.25, 0.3) is 0 Å². The van der Waals surface area contributed by atoms with Crippen molar-refractivity contribution >= 4 is 33.3 Å². The fourth-order valence-corrected chi connectivity index (χ4v) is 4.98. The molecule has 2 N–H and O–H groups in total. The van der Waals surface area contributed by atoms with Crippen LogP contribution < -0.4 is 10.6 Å². The number of benzene rings is 2. The first-order chi connectivity index (χ1) is 15.4. The van der Waals surface area contributed by atoms with Crippen molar-refractivity contribution in [1.82, 2.24) is 4.31 Å². The van der Waals surface area contributed by atoms with Crippen molar-refractivity contribution in [3.8, 4) is 0 Å². The van der Waals surface area contributed by atoms with E-state index in [2.05, 4.69) is 10.6 Å². The molecule has 172 valence electrons. The summed E-state index contributed by atoms with van der Waals surface area (Å²) in [5.74, 6) is -0.666. The monoisotopic (exact) mass is 459 g/mol. The molecule has 1 fully saturated rings. The normalized spacial score (nSPS) is 14.9. The molecule has 9 heteroatoms. The van der Waals surface area contributed by atoms with Crippen LogP contribution in [-0.4, -0.2) is 50.8 Å². The Hall–Kier alpha value is -2.91. The summed E-state index contributed by atoms with van der Waals surface area (Å²) in [6, 6.07) is 12.9. The van der Waals surface area contributed by atoms with E-state index in [0.29, 0.717) is 36.6 Å². The molecule has 0 aromatic heterocycles. The van der Waals surface area contributed by atoms with Gasteiger partial charge in [0, 0.05) is 24.5 Å². The highest BCUT2D eigenvalue weighted by molar-refractivity contribution is 7.89. The van der Waals surface area contributed by atoms with Crippen LogP contribution in [0.3, 0.4) is 0 Å². The lowest BCUT2D eigenvalue weighted by molar-refractivity contribution is -0.114. The van der Waals surface area contributed by atoms with E-state index in [9.17, 15) is 18.0 Å². The number of esters is 1. The number of hydrogen-bond acceptors (Lipinski definition) is 6. The van der Waals surface area contributed by atoms with Crippen molar-refractivity contribution in [3.05, 3.63) is 54.1 Å². The van der Waals surface area contributed by atoms with Gasteiger partial charge in [0.05, 0.1) is 23.6 Å². The van der Waals surface area contributed by atoms with Crippen LogP contribution in [0.15, 0.2) is 53.4 Å². The Balaban J connectivity index is 1.53. The number of nitrogens with one attached hydrogen (secondary N) is 2. The second-order valence-electron chi connectivity index (χ2n) is 7.54. The quantitative estimate of drug-likeness (QED) is 0.586. The summed E-state index contributed by atoms with van der Waals surface area (Å²) in [7, 11) is -3.51. The zero-order valence-corrected chi connectivity index (χ0v) is 19.0. The van der Waals surface area contributed by atoms with Crippen LogP contribution in [0.25, 0.3) is 0 Å². The highest BCUT2D eigenvalue weighted by Crippen LogP contribution is 2.22. The number of carbonyl (C=O) groups excluding carboxylic acids is 2. The number of amides is 1. The van der Waals surface area contributed by atoms with Gasteiger partial charge in [-0.2, -0.15) is 4.31 Å². The van der Waals surface area contributed by atoms with E-state index in [1.807, 2.05) is 0 Å². The fourth-order valence-electron chi connectivity index (χ4n) is 3.47. The second kappa shape index (κ2) is 11.1. The Kier molecular flexibility index (Phi) is 8.24. The first-order valence-corrected chi connectivity index (χ1v) is 12.3. The van der Waals surface area contributed by atoms with Gasteiger partial charge in [-0.25, -0.2) is 13.2 Å². The Bertz CT molecular complexity index is 1010. The van der Waals surface area contributed by atoms with Gasteiger partial charge in [-0.15, -0.1) is 0 Å². The Morgan fingerprint density at radius 3 is 2.09 bits per heavy atom. The highest BCUT2D eigenvalue weighted by atomic mass is 32.2. The molecule has 0 radical (unpaired) electrons. The van der Waals surface area contributed by atoms with Gasteiger partial charge in [-0.3, -0.25) is 4.79 Å². The van der Waals surface area contributed by atoms with Crippen LogP contribution in [0, 0.1) is 0 Å². The molecule has 0 unspecified atom stereocenters. The van der Waals surface area contributed by atoms with Crippen molar-refractivity contribution < 1.29 is 22.7 Å². The van der Waals surface area contributed by atoms with Gasteiger partial charge >= 0.3 is 5.97 Å². The minimum Gasteiger partial charge on any atom is -0.462 e. The molecule has 0 bridgehead atoms. The molecule has 0 spiro atoms. The van der Waals surface area contributed by atoms with Gasteiger partial charge in [0.15, 0.2) is 0 Å². The van der Waals surface area contributed by atoms with E-state index in [1.165, 1.54) is 12.1 Å². The van der Waals surface area contributed by atoms with Crippen LogP contribution in [0.1, 0.15) is 43.0 Å². The highest BCUT2D eigenvalue weighted by Gasteiger charge is 2.24. The predicted molar refractivity (Wildman–Crippen MR) is 123 cm³/mol. The molecule has 1 aliphatic rings. The van der Waals surface area contributed by atoms with E-state index in [-0.39, 0.29) is 17.3 Å². The van der Waals surface area contributed by atoms with Gasteiger partial charge in [0.1, 0.15) is 0 Å². The zero-order chi connectivity index (χ0) is 23.0. The van der Waals surface area contributed by atoms with Crippen LogP contribution in [0.2, 0.25) is 0 Å². The number of rotatable bonds is 8. The average Bonchev–Trinajstić information content (AvgIpc) is 3.09. The number of nitrogens with zero attached hydrogens (tertiary/aromatic N) is 1. The van der Waals surface area contributed by atoms with Crippen molar-refractivity contribution in [2.45, 2.75) is 37.5 Å². The van der Waals surface area contributed by atoms with Gasteiger partial charge < -0.3 is 15.4 Å². The minimum atomic E-state index is -3.51. The fraction of sp³-hybridized carbons (Fsp3) is 0.391. The van der Waals surface area contributed by atoms with Gasteiger partial charge in [-0.1, -0.05) is 12.8 Å². The number of ether oxygens (including phenoxy) is 1. The lowest BCUT2D eigenvalue weighted by atomic mass is 10.2. The Labute approximate surface area is 189 Å². The number of anilines is 2. The van der Waals surface area contributed by atoms with Crippen molar-refractivity contribution in [2.75, 3.05) is 36.9 Å². The number of carbonyl (C=O) groups is 2. The molecule has 0 aliphatic carbocycles. The molecular weight excluding hydrogens is 430 g/mol. The molecule has 1 aliphatic heterocycles. The van der Waals surface area contributed by atoms with Gasteiger partial charge in [0.2, 0.25) is 15.9 Å². The smallest absolute Gasteiger partial charge is 0.338 e. The van der Waals surface area contributed by atoms with Crippen LogP contribution in [0.5, 0.6) is 0 Å². The summed E-state index contributed by atoms with van der Waals surface area (Å²) in [5, 5.41) is 5.72. The number of sulfonamides is 1. The molecule has 1 saturated heterocycles. The first-order valence-electron chi connectivity index (χ1n) is 10.8. The standard InChI is InChI=1S/C23H29N3O5S/c1-2-31-23(28)18-7-9-19(10-8-18)24-17-22(27)25-20-11-13-21(14-12-20)32(29,30)26-15-5-3-4-6-16-26/h7-14,24H,2-6,15-17H2,1H3,(H,25,27). The third-order valence-corrected chi connectivity index (χ3v) is 7.10. The SMILES string of the molecule is CCOC(=O)c1ccc(NCC(=O)Nc2ccc(S(=O)(=O)N3CCCCCC3)cc2)cc1. The van der Waals surface area contributed by atoms with Crippen molar-refractivity contribution in [3.63, 3.8) is 0 Å². The summed E-state index contributed by atoms with van der Waals surface area (Å²) in [6.07, 6.45) is 3.87. The summed E-state index contributed by atoms with van der Waals surface area (Å²) in [6.45, 7) is 3.17. The molecular formula is C23H29N3O5S. The first kappa shape index (κ1) is 23.7. The van der Waals surface area contributed by atoms with Crippen molar-refractivity contribution in [1.29, 1.82) is 0 Å². The molecule has 2 aromatic rings. The topological polar surface area (TPSA) is 105 Å². The molecule has 32 heavy (non-hydrogen) atoms. The third kappa shape index (κ3) is 6.30. The average molecular weight is 460 g/mol. The summed E-state index contributed by atoms with van der Waals surface area (Å²) in [4.78, 5) is 24.1. The summed E-state index contributed by atoms with van der Waals surface area (Å²) < 4.78 is 32.2. The van der Waals surface area contributed by atoms with E-state index in [0.717, 1.165) is 25.7 Å². The zero-order valence-electron chi connectivity index (χ0n) is 18.2. The molecule has 0 atom stereocenters.